The van der Waals surface area contributed by atoms with Crippen molar-refractivity contribution in [1.82, 2.24) is 4.98 Å². The van der Waals surface area contributed by atoms with Gasteiger partial charge in [-0.2, -0.15) is 0 Å². The highest BCUT2D eigenvalue weighted by Crippen LogP contribution is 2.14. The van der Waals surface area contributed by atoms with Crippen LogP contribution in [0, 0.1) is 0 Å². The molecule has 90 valence electrons. The van der Waals surface area contributed by atoms with E-state index in [2.05, 4.69) is 9.72 Å². The molecule has 1 aromatic rings. The molecule has 0 fully saturated rings. The number of halogens is 1. The van der Waals surface area contributed by atoms with E-state index in [-0.39, 0.29) is 17.5 Å². The summed E-state index contributed by atoms with van der Waals surface area (Å²) in [4.78, 5) is 26.0. The molecule has 0 spiro atoms. The quantitative estimate of drug-likeness (QED) is 0.292. The van der Waals surface area contributed by atoms with Gasteiger partial charge in [-0.15, -0.1) is 0 Å². The van der Waals surface area contributed by atoms with E-state index >= 15 is 0 Å². The van der Waals surface area contributed by atoms with E-state index in [0.717, 1.165) is 6.08 Å². The smallest absolute Gasteiger partial charge is 0.379 e. The molecule has 0 bridgehead atoms. The Morgan fingerprint density at radius 2 is 2.29 bits per heavy atom. The van der Waals surface area contributed by atoms with Gasteiger partial charge in [-0.25, -0.2) is 9.78 Å². The lowest BCUT2D eigenvalue weighted by Crippen LogP contribution is -2.15. The number of hydrogen-bond donors (Lipinski definition) is 1. The second-order valence-corrected chi connectivity index (χ2v) is 3.37. The first-order valence-corrected chi connectivity index (χ1v) is 5.16. The normalized spacial score (nSPS) is 11.1. The summed E-state index contributed by atoms with van der Waals surface area (Å²) in [6, 6.07) is 2.82. The SMILES string of the molecule is CCOC(=O)C(=O)C=C(O)c1ccnc(Cl)c1. The predicted octanol–water partition coefficient (Wildman–Crippen LogP) is 1.77. The molecule has 17 heavy (non-hydrogen) atoms. The Morgan fingerprint density at radius 1 is 1.59 bits per heavy atom. The van der Waals surface area contributed by atoms with Crippen LogP contribution in [0.2, 0.25) is 5.15 Å². The molecule has 6 heteroatoms. The highest BCUT2D eigenvalue weighted by Gasteiger charge is 2.13. The molecule has 0 radical (unpaired) electrons. The molecule has 0 saturated heterocycles. The summed E-state index contributed by atoms with van der Waals surface area (Å²) >= 11 is 5.61. The van der Waals surface area contributed by atoms with Crippen molar-refractivity contribution in [2.75, 3.05) is 6.61 Å². The fourth-order valence-corrected chi connectivity index (χ4v) is 1.20. The fourth-order valence-electron chi connectivity index (χ4n) is 1.03. The molecule has 0 atom stereocenters. The van der Waals surface area contributed by atoms with Crippen molar-refractivity contribution < 1.29 is 19.4 Å². The number of ether oxygens (including phenoxy) is 1. The number of ketones is 1. The average molecular weight is 256 g/mol. The first kappa shape index (κ1) is 13.2. The summed E-state index contributed by atoms with van der Waals surface area (Å²) in [6.07, 6.45) is 2.15. The minimum atomic E-state index is -1.01. The summed E-state index contributed by atoms with van der Waals surface area (Å²) in [5.74, 6) is -2.32. The third-order valence-electron chi connectivity index (χ3n) is 1.77. The third kappa shape index (κ3) is 3.88. The van der Waals surface area contributed by atoms with Crippen molar-refractivity contribution in [3.05, 3.63) is 35.1 Å². The van der Waals surface area contributed by atoms with Crippen LogP contribution in [0.4, 0.5) is 0 Å². The zero-order valence-electron chi connectivity index (χ0n) is 9.01. The molecule has 5 nitrogen and oxygen atoms in total. The summed E-state index contributed by atoms with van der Waals surface area (Å²) in [6.45, 7) is 1.68. The molecule has 0 aromatic carbocycles. The van der Waals surface area contributed by atoms with E-state index in [0.29, 0.717) is 5.56 Å². The van der Waals surface area contributed by atoms with Crippen LogP contribution in [0.15, 0.2) is 24.4 Å². The van der Waals surface area contributed by atoms with Gasteiger partial charge in [0.15, 0.2) is 0 Å². The van der Waals surface area contributed by atoms with Crippen molar-refractivity contribution in [3.63, 3.8) is 0 Å². The average Bonchev–Trinajstić information content (AvgIpc) is 2.29. The summed E-state index contributed by atoms with van der Waals surface area (Å²) in [5.41, 5.74) is 0.294. The first-order chi connectivity index (χ1) is 8.04. The number of esters is 1. The van der Waals surface area contributed by atoms with Crippen LogP contribution < -0.4 is 0 Å². The van der Waals surface area contributed by atoms with Crippen LogP contribution in [0.5, 0.6) is 0 Å². The van der Waals surface area contributed by atoms with E-state index in [1.165, 1.54) is 18.3 Å². The van der Waals surface area contributed by atoms with Gasteiger partial charge in [0.1, 0.15) is 10.9 Å². The second-order valence-electron chi connectivity index (χ2n) is 2.98. The van der Waals surface area contributed by atoms with Gasteiger partial charge in [0.2, 0.25) is 0 Å². The molecule has 0 aliphatic rings. The summed E-state index contributed by atoms with van der Waals surface area (Å²) < 4.78 is 4.48. The number of aliphatic hydroxyl groups is 1. The third-order valence-corrected chi connectivity index (χ3v) is 1.97. The Balaban J connectivity index is 2.86. The van der Waals surface area contributed by atoms with Crippen molar-refractivity contribution >= 4 is 29.1 Å². The lowest BCUT2D eigenvalue weighted by atomic mass is 10.2. The van der Waals surface area contributed by atoms with Gasteiger partial charge in [-0.3, -0.25) is 4.79 Å². The highest BCUT2D eigenvalue weighted by atomic mass is 35.5. The molecule has 1 aromatic heterocycles. The molecule has 1 heterocycles. The van der Waals surface area contributed by atoms with Crippen LogP contribution in [0.1, 0.15) is 12.5 Å². The van der Waals surface area contributed by atoms with E-state index in [4.69, 9.17) is 11.6 Å². The number of nitrogens with zero attached hydrogens (tertiary/aromatic N) is 1. The highest BCUT2D eigenvalue weighted by molar-refractivity contribution is 6.39. The van der Waals surface area contributed by atoms with Crippen molar-refractivity contribution in [2.24, 2.45) is 0 Å². The van der Waals surface area contributed by atoms with Crippen molar-refractivity contribution in [2.45, 2.75) is 6.92 Å². The van der Waals surface area contributed by atoms with Gasteiger partial charge in [0.05, 0.1) is 6.61 Å². The largest absolute Gasteiger partial charge is 0.507 e. The zero-order valence-corrected chi connectivity index (χ0v) is 9.77. The van der Waals surface area contributed by atoms with Gasteiger partial charge in [0.25, 0.3) is 5.78 Å². The summed E-state index contributed by atoms with van der Waals surface area (Å²) in [7, 11) is 0. The maximum Gasteiger partial charge on any atom is 0.379 e. The minimum absolute atomic E-state index is 0.0975. The predicted molar refractivity (Wildman–Crippen MR) is 61.5 cm³/mol. The second kappa shape index (κ2) is 6.00. The van der Waals surface area contributed by atoms with E-state index < -0.39 is 11.8 Å². The molecule has 1 N–H and O–H groups in total. The van der Waals surface area contributed by atoms with Crippen molar-refractivity contribution in [1.29, 1.82) is 0 Å². The Hall–Kier alpha value is -1.88. The number of aliphatic hydroxyl groups excluding tert-OH is 1. The van der Waals surface area contributed by atoms with Crippen LogP contribution in [0.25, 0.3) is 5.76 Å². The monoisotopic (exact) mass is 255 g/mol. The van der Waals surface area contributed by atoms with E-state index in [9.17, 15) is 14.7 Å². The number of pyridine rings is 1. The molecule has 0 amide bonds. The Bertz CT molecular complexity index is 470. The van der Waals surface area contributed by atoms with Gasteiger partial charge >= 0.3 is 5.97 Å². The number of carbonyl (C=O) groups excluding carboxylic acids is 2. The van der Waals surface area contributed by atoms with Crippen molar-refractivity contribution in [3.8, 4) is 0 Å². The molecule has 0 aliphatic carbocycles. The fraction of sp³-hybridized carbons (Fsp3) is 0.182. The van der Waals surface area contributed by atoms with Crippen LogP contribution >= 0.6 is 11.6 Å². The molecule has 0 unspecified atom stereocenters. The van der Waals surface area contributed by atoms with Gasteiger partial charge < -0.3 is 9.84 Å². The first-order valence-electron chi connectivity index (χ1n) is 4.78. The molecular formula is C11H10ClNO4. The standard InChI is InChI=1S/C11H10ClNO4/c1-2-17-11(16)9(15)6-8(14)7-3-4-13-10(12)5-7/h3-6,14H,2H2,1H3. The van der Waals surface area contributed by atoms with E-state index in [1.54, 1.807) is 6.92 Å². The topological polar surface area (TPSA) is 76.5 Å². The van der Waals surface area contributed by atoms with Gasteiger partial charge in [-0.05, 0) is 19.1 Å². The Morgan fingerprint density at radius 3 is 2.88 bits per heavy atom. The van der Waals surface area contributed by atoms with Crippen LogP contribution in [-0.4, -0.2) is 28.4 Å². The number of carbonyl (C=O) groups is 2. The number of aromatic nitrogens is 1. The van der Waals surface area contributed by atoms with E-state index in [1.807, 2.05) is 0 Å². The summed E-state index contributed by atoms with van der Waals surface area (Å²) in [5, 5.41) is 9.75. The Labute approximate surface area is 103 Å². The van der Waals surface area contributed by atoms with Gasteiger partial charge in [0, 0.05) is 17.8 Å². The number of rotatable bonds is 4. The molecule has 0 aliphatic heterocycles. The molecule has 1 rings (SSSR count). The minimum Gasteiger partial charge on any atom is -0.507 e. The number of hydrogen-bond acceptors (Lipinski definition) is 5. The Kier molecular flexibility index (Phi) is 4.66. The molecular weight excluding hydrogens is 246 g/mol. The maximum absolute atomic E-state index is 11.2. The molecule has 0 saturated carbocycles. The lowest BCUT2D eigenvalue weighted by molar-refractivity contribution is -0.151. The lowest BCUT2D eigenvalue weighted by Gasteiger charge is -2.00. The van der Waals surface area contributed by atoms with Gasteiger partial charge in [-0.1, -0.05) is 11.6 Å². The van der Waals surface area contributed by atoms with Crippen LogP contribution in [-0.2, 0) is 14.3 Å². The maximum atomic E-state index is 11.2. The van der Waals surface area contributed by atoms with Crippen LogP contribution in [0.3, 0.4) is 0 Å². The zero-order chi connectivity index (χ0) is 12.8.